The van der Waals surface area contributed by atoms with E-state index in [0.717, 1.165) is 5.56 Å². The highest BCUT2D eigenvalue weighted by Crippen LogP contribution is 2.30. The summed E-state index contributed by atoms with van der Waals surface area (Å²) < 4.78 is 29.8. The van der Waals surface area contributed by atoms with Gasteiger partial charge in [0.25, 0.3) is 5.88 Å². The highest BCUT2D eigenvalue weighted by Gasteiger charge is 2.17. The van der Waals surface area contributed by atoms with Gasteiger partial charge in [0.1, 0.15) is 12.4 Å². The summed E-state index contributed by atoms with van der Waals surface area (Å²) in [6.45, 7) is 2.87. The molecule has 8 heteroatoms. The van der Waals surface area contributed by atoms with Crippen LogP contribution in [0.15, 0.2) is 59.5 Å². The van der Waals surface area contributed by atoms with Crippen LogP contribution < -0.4 is 9.47 Å². The summed E-state index contributed by atoms with van der Waals surface area (Å²) in [5, 5.41) is 4.63. The zero-order chi connectivity index (χ0) is 19.6. The van der Waals surface area contributed by atoms with E-state index in [1.165, 1.54) is 13.8 Å². The minimum atomic E-state index is -1.74. The van der Waals surface area contributed by atoms with E-state index in [0.29, 0.717) is 34.1 Å². The van der Waals surface area contributed by atoms with Crippen molar-refractivity contribution in [3.05, 3.63) is 60.8 Å². The van der Waals surface area contributed by atoms with Crippen molar-refractivity contribution in [3.8, 4) is 22.9 Å². The predicted molar refractivity (Wildman–Crippen MR) is 99.4 cm³/mol. The number of rotatable bonds is 6. The fraction of sp³-hybridized carbons (Fsp3) is 0.200. The Morgan fingerprint density at radius 3 is 2.54 bits per heavy atom. The molecule has 0 spiro atoms. The lowest BCUT2D eigenvalue weighted by molar-refractivity contribution is -0.0256. The Labute approximate surface area is 160 Å². The number of nitrogens with zero attached hydrogens (tertiary/aromatic N) is 4. The first kappa shape index (κ1) is 17.8. The second-order valence-corrected chi connectivity index (χ2v) is 6.50. The highest BCUT2D eigenvalue weighted by atomic mass is 19.2. The maximum absolute atomic E-state index is 13.6. The van der Waals surface area contributed by atoms with E-state index in [-0.39, 0.29) is 6.61 Å². The van der Waals surface area contributed by atoms with Gasteiger partial charge in [0.15, 0.2) is 11.4 Å². The molecule has 0 aliphatic carbocycles. The van der Waals surface area contributed by atoms with Crippen molar-refractivity contribution < 1.29 is 18.4 Å². The highest BCUT2D eigenvalue weighted by molar-refractivity contribution is 5.85. The first-order valence-corrected chi connectivity index (χ1v) is 8.60. The molecule has 0 radical (unpaired) electrons. The van der Waals surface area contributed by atoms with Gasteiger partial charge < -0.3 is 14.0 Å². The van der Waals surface area contributed by atoms with E-state index in [1.807, 2.05) is 6.07 Å². The second-order valence-electron chi connectivity index (χ2n) is 6.50. The van der Waals surface area contributed by atoms with E-state index in [2.05, 4.69) is 20.1 Å². The number of hydrogen-bond acceptors (Lipinski definition) is 7. The lowest BCUT2D eigenvalue weighted by Gasteiger charge is -2.17. The summed E-state index contributed by atoms with van der Waals surface area (Å²) in [4.78, 5) is 12.6. The summed E-state index contributed by atoms with van der Waals surface area (Å²) >= 11 is 0. The second kappa shape index (κ2) is 7.22. The van der Waals surface area contributed by atoms with E-state index >= 15 is 0 Å². The Balaban J connectivity index is 1.57. The first-order chi connectivity index (χ1) is 13.5. The van der Waals surface area contributed by atoms with Crippen LogP contribution in [-0.2, 0) is 6.61 Å². The van der Waals surface area contributed by atoms with Crippen LogP contribution in [0.1, 0.15) is 19.7 Å². The number of fused-ring (bicyclic) bond motifs is 1. The number of ether oxygens (including phenoxy) is 2. The number of benzene rings is 1. The summed E-state index contributed by atoms with van der Waals surface area (Å²) in [6.07, 6.45) is 4.87. The number of halogens is 1. The van der Waals surface area contributed by atoms with E-state index in [4.69, 9.17) is 14.0 Å². The van der Waals surface area contributed by atoms with E-state index in [1.54, 1.807) is 48.9 Å². The zero-order valence-electron chi connectivity index (χ0n) is 15.3. The molecule has 0 aliphatic heterocycles. The Kier molecular flexibility index (Phi) is 4.60. The third-order valence-corrected chi connectivity index (χ3v) is 3.79. The van der Waals surface area contributed by atoms with Gasteiger partial charge in [-0.3, -0.25) is 4.98 Å². The SMILES string of the molecule is CC(C)(F)Oc1ccc(-c2cc3c(OCc4ncccn4)noc3cn2)cc1. The third kappa shape index (κ3) is 4.06. The molecule has 3 aromatic heterocycles. The van der Waals surface area contributed by atoms with Crippen molar-refractivity contribution in [2.24, 2.45) is 0 Å². The minimum absolute atomic E-state index is 0.172. The van der Waals surface area contributed by atoms with Crippen LogP contribution in [0.4, 0.5) is 4.39 Å². The Morgan fingerprint density at radius 2 is 1.82 bits per heavy atom. The van der Waals surface area contributed by atoms with Crippen LogP contribution in [0.25, 0.3) is 22.2 Å². The van der Waals surface area contributed by atoms with Crippen molar-refractivity contribution in [1.29, 1.82) is 0 Å². The molecule has 4 aromatic rings. The molecule has 0 atom stereocenters. The number of alkyl halides is 1. The molecule has 0 aliphatic rings. The Bertz CT molecular complexity index is 1080. The molecular weight excluding hydrogens is 363 g/mol. The lowest BCUT2D eigenvalue weighted by atomic mass is 10.1. The minimum Gasteiger partial charge on any atom is -0.467 e. The summed E-state index contributed by atoms with van der Waals surface area (Å²) in [5.41, 5.74) is 2.04. The van der Waals surface area contributed by atoms with Crippen LogP contribution >= 0.6 is 0 Å². The van der Waals surface area contributed by atoms with Gasteiger partial charge in [-0.05, 0) is 41.6 Å². The molecule has 7 nitrogen and oxygen atoms in total. The largest absolute Gasteiger partial charge is 0.467 e. The average Bonchev–Trinajstić information content (AvgIpc) is 3.09. The molecule has 0 bridgehead atoms. The molecule has 0 fully saturated rings. The first-order valence-electron chi connectivity index (χ1n) is 8.60. The van der Waals surface area contributed by atoms with Crippen LogP contribution in [0.3, 0.4) is 0 Å². The molecule has 0 unspecified atom stereocenters. The van der Waals surface area contributed by atoms with Gasteiger partial charge in [-0.2, -0.15) is 4.39 Å². The van der Waals surface area contributed by atoms with Crippen LogP contribution in [0, 0.1) is 0 Å². The topological polar surface area (TPSA) is 83.2 Å². The Hall–Kier alpha value is -3.55. The van der Waals surface area contributed by atoms with Crippen molar-refractivity contribution in [2.75, 3.05) is 0 Å². The third-order valence-electron chi connectivity index (χ3n) is 3.79. The molecule has 4 rings (SSSR count). The molecule has 28 heavy (non-hydrogen) atoms. The summed E-state index contributed by atoms with van der Waals surface area (Å²) in [6, 6.07) is 10.6. The van der Waals surface area contributed by atoms with Crippen LogP contribution in [-0.4, -0.2) is 26.0 Å². The maximum Gasteiger partial charge on any atom is 0.262 e. The molecule has 142 valence electrons. The molecule has 3 heterocycles. The molecular formula is C20H17FN4O3. The summed E-state index contributed by atoms with van der Waals surface area (Å²) in [5.74, 6) is -0.422. The van der Waals surface area contributed by atoms with Gasteiger partial charge >= 0.3 is 0 Å². The van der Waals surface area contributed by atoms with Gasteiger partial charge in [-0.1, -0.05) is 0 Å². The molecule has 0 saturated carbocycles. The normalized spacial score (nSPS) is 11.5. The van der Waals surface area contributed by atoms with Gasteiger partial charge in [0, 0.05) is 31.8 Å². The average molecular weight is 380 g/mol. The quantitative estimate of drug-likeness (QED) is 0.492. The van der Waals surface area contributed by atoms with Crippen molar-refractivity contribution in [2.45, 2.75) is 26.3 Å². The lowest BCUT2D eigenvalue weighted by Crippen LogP contribution is -2.20. The molecule has 0 amide bonds. The molecule has 1 aromatic carbocycles. The van der Waals surface area contributed by atoms with E-state index < -0.39 is 5.85 Å². The fourth-order valence-electron chi connectivity index (χ4n) is 2.60. The standard InChI is InChI=1S/C20H17FN4O3/c1-20(2,21)27-14-6-4-13(5-7-14)16-10-15-17(11-24-16)28-25-19(15)26-12-18-22-8-3-9-23-18/h3-11H,12H2,1-2H3. The van der Waals surface area contributed by atoms with Gasteiger partial charge in [0.2, 0.25) is 5.85 Å². The van der Waals surface area contributed by atoms with Crippen molar-refractivity contribution in [1.82, 2.24) is 20.1 Å². The van der Waals surface area contributed by atoms with Crippen LogP contribution in [0.2, 0.25) is 0 Å². The monoisotopic (exact) mass is 380 g/mol. The molecule has 0 N–H and O–H groups in total. The van der Waals surface area contributed by atoms with Gasteiger partial charge in [0.05, 0.1) is 17.3 Å². The Morgan fingerprint density at radius 1 is 1.07 bits per heavy atom. The summed E-state index contributed by atoms with van der Waals surface area (Å²) in [7, 11) is 0. The number of hydrogen-bond donors (Lipinski definition) is 0. The van der Waals surface area contributed by atoms with Crippen molar-refractivity contribution >= 4 is 11.0 Å². The van der Waals surface area contributed by atoms with Crippen LogP contribution in [0.5, 0.6) is 11.6 Å². The van der Waals surface area contributed by atoms with Crippen molar-refractivity contribution in [3.63, 3.8) is 0 Å². The van der Waals surface area contributed by atoms with Gasteiger partial charge in [-0.15, -0.1) is 0 Å². The zero-order valence-corrected chi connectivity index (χ0v) is 15.3. The van der Waals surface area contributed by atoms with E-state index in [9.17, 15) is 4.39 Å². The number of aromatic nitrogens is 4. The predicted octanol–water partition coefficient (Wildman–Crippen LogP) is 4.34. The maximum atomic E-state index is 13.6. The van der Waals surface area contributed by atoms with Gasteiger partial charge in [-0.25, -0.2) is 9.97 Å². The molecule has 0 saturated heterocycles. The smallest absolute Gasteiger partial charge is 0.262 e. The number of pyridine rings is 1. The fourth-order valence-corrected chi connectivity index (χ4v) is 2.60.